The average Bonchev–Trinajstić information content (AvgIpc) is 2.80. The van der Waals surface area contributed by atoms with Crippen molar-refractivity contribution in [1.29, 1.82) is 0 Å². The Labute approximate surface area is 191 Å². The van der Waals surface area contributed by atoms with Gasteiger partial charge in [0.1, 0.15) is 5.82 Å². The van der Waals surface area contributed by atoms with Crippen LogP contribution < -0.4 is 19.7 Å². The normalized spacial score (nSPS) is 14.1. The first-order valence-corrected chi connectivity index (χ1v) is 11.7. The van der Waals surface area contributed by atoms with Gasteiger partial charge in [-0.25, -0.2) is 17.8 Å². The van der Waals surface area contributed by atoms with Crippen LogP contribution in [-0.2, 0) is 14.8 Å². The number of aromatic nitrogens is 2. The van der Waals surface area contributed by atoms with Crippen molar-refractivity contribution < 1.29 is 22.3 Å². The van der Waals surface area contributed by atoms with E-state index >= 15 is 0 Å². The fourth-order valence-corrected chi connectivity index (χ4v) is 4.39. The highest BCUT2D eigenvalue weighted by atomic mass is 32.2. The van der Waals surface area contributed by atoms with Gasteiger partial charge in [0.15, 0.2) is 11.6 Å². The number of ether oxygens (including phenoxy) is 2. The van der Waals surface area contributed by atoms with Crippen LogP contribution >= 0.6 is 0 Å². The third-order valence-electron chi connectivity index (χ3n) is 4.98. The average molecular weight is 474 g/mol. The van der Waals surface area contributed by atoms with E-state index in [2.05, 4.69) is 24.9 Å². The van der Waals surface area contributed by atoms with Crippen LogP contribution in [-0.4, -0.2) is 51.8 Å². The molecule has 0 bridgehead atoms. The second kappa shape index (κ2) is 9.59. The van der Waals surface area contributed by atoms with E-state index in [0.29, 0.717) is 30.7 Å². The Morgan fingerprint density at radius 2 is 1.73 bits per heavy atom. The zero-order valence-corrected chi connectivity index (χ0v) is 19.0. The lowest BCUT2D eigenvalue weighted by Gasteiger charge is -2.27. The molecular weight excluding hydrogens is 449 g/mol. The number of nitrogens with one attached hydrogen (secondary N) is 2. The molecule has 2 heterocycles. The summed E-state index contributed by atoms with van der Waals surface area (Å²) in [4.78, 5) is 11.0. The van der Waals surface area contributed by atoms with Crippen LogP contribution in [0.25, 0.3) is 0 Å². The van der Waals surface area contributed by atoms with E-state index in [0.717, 1.165) is 30.5 Å². The smallest absolute Gasteiger partial charge is 0.262 e. The number of morpholine rings is 1. The van der Waals surface area contributed by atoms with Gasteiger partial charge in [-0.2, -0.15) is 4.98 Å². The minimum atomic E-state index is -3.96. The predicted molar refractivity (Wildman–Crippen MR) is 123 cm³/mol. The first kappa shape index (κ1) is 22.7. The first-order chi connectivity index (χ1) is 15.8. The molecule has 1 aliphatic heterocycles. The van der Waals surface area contributed by atoms with Crippen LogP contribution in [0.5, 0.6) is 5.75 Å². The summed E-state index contributed by atoms with van der Waals surface area (Å²) in [7, 11) is -2.65. The van der Waals surface area contributed by atoms with Gasteiger partial charge in [0, 0.05) is 36.2 Å². The van der Waals surface area contributed by atoms with Crippen molar-refractivity contribution in [3.63, 3.8) is 0 Å². The molecule has 0 atom stereocenters. The van der Waals surface area contributed by atoms with E-state index in [1.54, 1.807) is 24.3 Å². The summed E-state index contributed by atoms with van der Waals surface area (Å²) in [5.41, 5.74) is 1.88. The number of hydrogen-bond donors (Lipinski definition) is 2. The van der Waals surface area contributed by atoms with E-state index in [1.165, 1.54) is 19.2 Å². The van der Waals surface area contributed by atoms with Crippen LogP contribution in [0.2, 0.25) is 0 Å². The van der Waals surface area contributed by atoms with E-state index in [-0.39, 0.29) is 10.6 Å². The number of sulfonamides is 1. The molecule has 11 heteroatoms. The van der Waals surface area contributed by atoms with Crippen molar-refractivity contribution in [2.24, 2.45) is 0 Å². The van der Waals surface area contributed by atoms with Crippen LogP contribution in [0.15, 0.2) is 53.4 Å². The Morgan fingerprint density at radius 1 is 1.03 bits per heavy atom. The summed E-state index contributed by atoms with van der Waals surface area (Å²) in [6.07, 6.45) is 0. The Kier molecular flexibility index (Phi) is 6.61. The lowest BCUT2D eigenvalue weighted by Crippen LogP contribution is -2.37. The summed E-state index contributed by atoms with van der Waals surface area (Å²) in [6.45, 7) is 4.64. The number of aryl methyl sites for hydroxylation is 1. The summed E-state index contributed by atoms with van der Waals surface area (Å²) in [6, 6.07) is 12.0. The molecule has 1 aliphatic rings. The van der Waals surface area contributed by atoms with Crippen molar-refractivity contribution in [2.45, 2.75) is 11.8 Å². The van der Waals surface area contributed by atoms with E-state index < -0.39 is 15.8 Å². The Bertz CT molecular complexity index is 1230. The minimum Gasteiger partial charge on any atom is -0.494 e. The van der Waals surface area contributed by atoms with Crippen molar-refractivity contribution in [2.75, 3.05) is 48.4 Å². The van der Waals surface area contributed by atoms with Crippen LogP contribution in [0.1, 0.15) is 5.69 Å². The van der Waals surface area contributed by atoms with E-state index in [9.17, 15) is 12.8 Å². The zero-order chi connectivity index (χ0) is 23.4. The minimum absolute atomic E-state index is 0.0267. The molecule has 1 fully saturated rings. The van der Waals surface area contributed by atoms with Gasteiger partial charge in [0.05, 0.1) is 25.2 Å². The molecule has 2 N–H and O–H groups in total. The fraction of sp³-hybridized carbons (Fsp3) is 0.273. The standard InChI is InChI=1S/C22H24FN5O4S/c1-15-13-21(26-22(24-15)28-9-11-32-12-10-28)25-16-3-5-17(6-4-16)27-33(29,30)18-7-8-20(31-2)19(23)14-18/h3-8,13-14,27H,9-12H2,1-2H3,(H,24,25,26). The highest BCUT2D eigenvalue weighted by Crippen LogP contribution is 2.24. The lowest BCUT2D eigenvalue weighted by molar-refractivity contribution is 0.122. The Balaban J connectivity index is 1.46. The van der Waals surface area contributed by atoms with Gasteiger partial charge in [-0.15, -0.1) is 0 Å². The number of nitrogens with zero attached hydrogens (tertiary/aromatic N) is 3. The topological polar surface area (TPSA) is 106 Å². The molecule has 2 aromatic carbocycles. The number of rotatable bonds is 7. The molecule has 0 aliphatic carbocycles. The number of hydrogen-bond acceptors (Lipinski definition) is 8. The SMILES string of the molecule is COc1ccc(S(=O)(=O)Nc2ccc(Nc3cc(C)nc(N4CCOCC4)n3)cc2)cc1F. The summed E-state index contributed by atoms with van der Waals surface area (Å²) in [5.74, 6) is 0.487. The number of halogens is 1. The largest absolute Gasteiger partial charge is 0.494 e. The van der Waals surface area contributed by atoms with Gasteiger partial charge in [-0.3, -0.25) is 4.72 Å². The van der Waals surface area contributed by atoms with Gasteiger partial charge in [0.2, 0.25) is 5.95 Å². The monoisotopic (exact) mass is 473 g/mol. The predicted octanol–water partition coefficient (Wildman–Crippen LogP) is 3.31. The maximum Gasteiger partial charge on any atom is 0.262 e. The molecule has 0 unspecified atom stereocenters. The van der Waals surface area contributed by atoms with Crippen molar-refractivity contribution >= 4 is 33.2 Å². The molecule has 9 nitrogen and oxygen atoms in total. The van der Waals surface area contributed by atoms with Crippen LogP contribution in [0.4, 0.5) is 27.5 Å². The maximum absolute atomic E-state index is 13.9. The molecule has 174 valence electrons. The molecule has 0 radical (unpaired) electrons. The fourth-order valence-electron chi connectivity index (χ4n) is 3.32. The summed E-state index contributed by atoms with van der Waals surface area (Å²) >= 11 is 0. The molecule has 0 spiro atoms. The second-order valence-corrected chi connectivity index (χ2v) is 9.08. The Morgan fingerprint density at radius 3 is 2.39 bits per heavy atom. The summed E-state index contributed by atoms with van der Waals surface area (Å²) in [5, 5.41) is 3.22. The molecule has 0 saturated carbocycles. The van der Waals surface area contributed by atoms with Gasteiger partial charge >= 0.3 is 0 Å². The summed E-state index contributed by atoms with van der Waals surface area (Å²) < 4.78 is 51.7. The van der Waals surface area contributed by atoms with E-state index in [1.807, 2.05) is 13.0 Å². The van der Waals surface area contributed by atoms with Gasteiger partial charge in [0.25, 0.3) is 10.0 Å². The highest BCUT2D eigenvalue weighted by molar-refractivity contribution is 7.92. The first-order valence-electron chi connectivity index (χ1n) is 10.3. The van der Waals surface area contributed by atoms with Gasteiger partial charge in [-0.1, -0.05) is 0 Å². The highest BCUT2D eigenvalue weighted by Gasteiger charge is 2.17. The molecule has 1 saturated heterocycles. The number of benzene rings is 2. The second-order valence-electron chi connectivity index (χ2n) is 7.40. The molecule has 3 aromatic rings. The molecular formula is C22H24FN5O4S. The molecule has 4 rings (SSSR count). The van der Waals surface area contributed by atoms with E-state index in [4.69, 9.17) is 9.47 Å². The van der Waals surface area contributed by atoms with Crippen molar-refractivity contribution in [1.82, 2.24) is 9.97 Å². The van der Waals surface area contributed by atoms with Crippen molar-refractivity contribution in [3.05, 3.63) is 60.0 Å². The third-order valence-corrected chi connectivity index (χ3v) is 6.36. The lowest BCUT2D eigenvalue weighted by atomic mass is 10.3. The van der Waals surface area contributed by atoms with Crippen LogP contribution in [0, 0.1) is 12.7 Å². The number of anilines is 4. The maximum atomic E-state index is 13.9. The third kappa shape index (κ3) is 5.49. The Hall–Kier alpha value is -3.44. The quantitative estimate of drug-likeness (QED) is 0.539. The molecule has 1 aromatic heterocycles. The van der Waals surface area contributed by atoms with Gasteiger partial charge < -0.3 is 19.7 Å². The van der Waals surface area contributed by atoms with Crippen molar-refractivity contribution in [3.8, 4) is 5.75 Å². The van der Waals surface area contributed by atoms with Gasteiger partial charge in [-0.05, 0) is 49.4 Å². The number of methoxy groups -OCH3 is 1. The molecule has 33 heavy (non-hydrogen) atoms. The molecule has 0 amide bonds. The zero-order valence-electron chi connectivity index (χ0n) is 18.2. The van der Waals surface area contributed by atoms with Crippen LogP contribution in [0.3, 0.4) is 0 Å².